The Labute approximate surface area is 197 Å². The number of amides is 2. The quantitative estimate of drug-likeness (QED) is 0.468. The number of carbonyl (C=O) groups excluding carboxylic acids is 2. The maximum atomic E-state index is 12.1. The maximum absolute atomic E-state index is 12.1. The summed E-state index contributed by atoms with van der Waals surface area (Å²) >= 11 is 0. The van der Waals surface area contributed by atoms with Gasteiger partial charge in [0.1, 0.15) is 13.2 Å². The topological polar surface area (TPSA) is 118 Å². The molecular weight excluding hydrogens is 436 g/mol. The molecule has 2 heterocycles. The Hall–Kier alpha value is -4.18. The van der Waals surface area contributed by atoms with Gasteiger partial charge in [0.05, 0.1) is 25.1 Å². The zero-order valence-electron chi connectivity index (χ0n) is 18.6. The van der Waals surface area contributed by atoms with Gasteiger partial charge < -0.3 is 30.3 Å². The Bertz CT molecular complexity index is 1090. The Morgan fingerprint density at radius 1 is 1.00 bits per heavy atom. The Kier molecular flexibility index (Phi) is 7.86. The minimum Gasteiger partial charge on any atom is -0.445 e. The van der Waals surface area contributed by atoms with E-state index in [1.807, 2.05) is 48.5 Å². The van der Waals surface area contributed by atoms with Crippen LogP contribution in [0.25, 0.3) is 0 Å². The van der Waals surface area contributed by atoms with Crippen LogP contribution in [0.4, 0.5) is 27.7 Å². The molecule has 2 amide bonds. The second kappa shape index (κ2) is 11.6. The van der Waals surface area contributed by atoms with Gasteiger partial charge in [0.15, 0.2) is 5.82 Å². The lowest BCUT2D eigenvalue weighted by Gasteiger charge is -2.28. The fourth-order valence-electron chi connectivity index (χ4n) is 3.33. The molecule has 0 aliphatic carbocycles. The van der Waals surface area contributed by atoms with Gasteiger partial charge in [0.25, 0.3) is 0 Å². The van der Waals surface area contributed by atoms with Crippen molar-refractivity contribution in [3.8, 4) is 0 Å². The molecule has 2 aromatic carbocycles. The van der Waals surface area contributed by atoms with Crippen molar-refractivity contribution < 1.29 is 19.1 Å². The van der Waals surface area contributed by atoms with Gasteiger partial charge in [-0.05, 0) is 29.8 Å². The van der Waals surface area contributed by atoms with Crippen LogP contribution in [0.3, 0.4) is 0 Å². The highest BCUT2D eigenvalue weighted by Crippen LogP contribution is 2.21. The second-order valence-corrected chi connectivity index (χ2v) is 7.56. The lowest BCUT2D eigenvalue weighted by molar-refractivity contribution is -0.115. The number of nitrogens with one attached hydrogen (secondary N) is 3. The van der Waals surface area contributed by atoms with Crippen molar-refractivity contribution in [2.75, 3.05) is 48.4 Å². The Morgan fingerprint density at radius 3 is 2.50 bits per heavy atom. The van der Waals surface area contributed by atoms with Gasteiger partial charge in [0.2, 0.25) is 5.91 Å². The summed E-state index contributed by atoms with van der Waals surface area (Å²) in [7, 11) is 0. The number of ether oxygens (including phenoxy) is 2. The largest absolute Gasteiger partial charge is 0.445 e. The summed E-state index contributed by atoms with van der Waals surface area (Å²) in [6.45, 7) is 2.98. The van der Waals surface area contributed by atoms with E-state index in [-0.39, 0.29) is 19.1 Å². The molecule has 0 bridgehead atoms. The third kappa shape index (κ3) is 6.91. The SMILES string of the molecule is O=C(CNC(=O)OCc1ccccc1)Nc1ccc(Nc2cc(N3CCOCC3)cnn2)cc1. The van der Waals surface area contributed by atoms with E-state index in [2.05, 4.69) is 31.0 Å². The molecule has 3 N–H and O–H groups in total. The number of hydrogen-bond donors (Lipinski definition) is 3. The van der Waals surface area contributed by atoms with Gasteiger partial charge in [-0.1, -0.05) is 30.3 Å². The molecule has 0 unspecified atom stereocenters. The van der Waals surface area contributed by atoms with Crippen LogP contribution in [-0.2, 0) is 20.9 Å². The Balaban J connectivity index is 1.22. The number of carbonyl (C=O) groups is 2. The van der Waals surface area contributed by atoms with Gasteiger partial charge >= 0.3 is 6.09 Å². The van der Waals surface area contributed by atoms with Crippen LogP contribution in [0.2, 0.25) is 0 Å². The predicted octanol–water partition coefficient (Wildman–Crippen LogP) is 2.92. The van der Waals surface area contributed by atoms with Crippen molar-refractivity contribution >= 4 is 34.9 Å². The minimum atomic E-state index is -0.654. The van der Waals surface area contributed by atoms with Crippen LogP contribution >= 0.6 is 0 Å². The first kappa shape index (κ1) is 23.0. The molecular formula is C24H26N6O4. The summed E-state index contributed by atoms with van der Waals surface area (Å²) < 4.78 is 10.5. The van der Waals surface area contributed by atoms with Crippen molar-refractivity contribution in [1.82, 2.24) is 15.5 Å². The monoisotopic (exact) mass is 462 g/mol. The average molecular weight is 463 g/mol. The number of hydrogen-bond acceptors (Lipinski definition) is 8. The van der Waals surface area contributed by atoms with Crippen LogP contribution in [0.1, 0.15) is 5.56 Å². The van der Waals surface area contributed by atoms with E-state index in [9.17, 15) is 9.59 Å². The number of anilines is 4. The molecule has 3 aromatic rings. The number of aromatic nitrogens is 2. The Morgan fingerprint density at radius 2 is 1.74 bits per heavy atom. The standard InChI is InChI=1S/C24H26N6O4/c31-23(16-25-24(32)34-17-18-4-2-1-3-5-18)28-20-8-6-19(7-9-20)27-22-14-21(15-26-29-22)30-10-12-33-13-11-30/h1-9,14-15H,10-13,16-17H2,(H,25,32)(H,27,29)(H,28,31). The summed E-state index contributed by atoms with van der Waals surface area (Å²) in [5.41, 5.74) is 3.26. The molecule has 1 aliphatic heterocycles. The summed E-state index contributed by atoms with van der Waals surface area (Å²) in [6.07, 6.45) is 1.08. The van der Waals surface area contributed by atoms with E-state index in [1.54, 1.807) is 18.3 Å². The lowest BCUT2D eigenvalue weighted by atomic mass is 10.2. The molecule has 34 heavy (non-hydrogen) atoms. The molecule has 0 atom stereocenters. The second-order valence-electron chi connectivity index (χ2n) is 7.56. The van der Waals surface area contributed by atoms with Crippen LogP contribution < -0.4 is 20.9 Å². The zero-order valence-corrected chi connectivity index (χ0v) is 18.6. The first-order chi connectivity index (χ1) is 16.7. The van der Waals surface area contributed by atoms with Crippen molar-refractivity contribution in [2.45, 2.75) is 6.61 Å². The normalized spacial score (nSPS) is 13.1. The number of benzene rings is 2. The number of alkyl carbamates (subject to hydrolysis) is 1. The molecule has 0 spiro atoms. The van der Waals surface area contributed by atoms with Crippen LogP contribution in [0.15, 0.2) is 66.9 Å². The van der Waals surface area contributed by atoms with Crippen molar-refractivity contribution in [3.63, 3.8) is 0 Å². The van der Waals surface area contributed by atoms with E-state index < -0.39 is 6.09 Å². The van der Waals surface area contributed by atoms with Crippen LogP contribution in [0.5, 0.6) is 0 Å². The third-order valence-corrected chi connectivity index (χ3v) is 5.06. The van der Waals surface area contributed by atoms with Gasteiger partial charge in [-0.15, -0.1) is 5.10 Å². The van der Waals surface area contributed by atoms with E-state index >= 15 is 0 Å². The number of nitrogens with zero attached hydrogens (tertiary/aromatic N) is 3. The molecule has 10 heteroatoms. The van der Waals surface area contributed by atoms with Crippen LogP contribution in [-0.4, -0.2) is 55.0 Å². The molecule has 1 aliphatic rings. The lowest BCUT2D eigenvalue weighted by Crippen LogP contribution is -2.36. The molecule has 1 saturated heterocycles. The minimum absolute atomic E-state index is 0.141. The molecule has 1 fully saturated rings. The summed E-state index contributed by atoms with van der Waals surface area (Å²) in [5, 5.41) is 16.6. The first-order valence-electron chi connectivity index (χ1n) is 10.9. The molecule has 1 aromatic heterocycles. The number of morpholine rings is 1. The summed E-state index contributed by atoms with van der Waals surface area (Å²) in [5.74, 6) is 0.264. The van der Waals surface area contributed by atoms with Crippen LogP contribution in [0, 0.1) is 0 Å². The molecule has 0 radical (unpaired) electrons. The van der Waals surface area contributed by atoms with Crippen molar-refractivity contribution in [1.29, 1.82) is 0 Å². The predicted molar refractivity (Wildman–Crippen MR) is 128 cm³/mol. The van der Waals surface area contributed by atoms with Gasteiger partial charge in [-0.3, -0.25) is 4.79 Å². The average Bonchev–Trinajstić information content (AvgIpc) is 2.89. The van der Waals surface area contributed by atoms with E-state index in [0.717, 1.165) is 30.0 Å². The molecule has 0 saturated carbocycles. The molecule has 4 rings (SSSR count). The smallest absolute Gasteiger partial charge is 0.407 e. The third-order valence-electron chi connectivity index (χ3n) is 5.06. The maximum Gasteiger partial charge on any atom is 0.407 e. The fourth-order valence-corrected chi connectivity index (χ4v) is 3.33. The zero-order chi connectivity index (χ0) is 23.6. The highest BCUT2D eigenvalue weighted by molar-refractivity contribution is 5.94. The summed E-state index contributed by atoms with van der Waals surface area (Å²) in [6, 6.07) is 18.4. The first-order valence-corrected chi connectivity index (χ1v) is 10.9. The molecule has 10 nitrogen and oxygen atoms in total. The van der Waals surface area contributed by atoms with E-state index in [4.69, 9.17) is 9.47 Å². The fraction of sp³-hybridized carbons (Fsp3) is 0.250. The van der Waals surface area contributed by atoms with E-state index in [0.29, 0.717) is 24.7 Å². The highest BCUT2D eigenvalue weighted by Gasteiger charge is 2.12. The summed E-state index contributed by atoms with van der Waals surface area (Å²) in [4.78, 5) is 26.1. The highest BCUT2D eigenvalue weighted by atomic mass is 16.5. The van der Waals surface area contributed by atoms with Gasteiger partial charge in [-0.25, -0.2) is 4.79 Å². The van der Waals surface area contributed by atoms with Gasteiger partial charge in [0, 0.05) is 30.5 Å². The number of rotatable bonds is 8. The van der Waals surface area contributed by atoms with E-state index in [1.165, 1.54) is 0 Å². The van der Waals surface area contributed by atoms with Crippen molar-refractivity contribution in [2.24, 2.45) is 0 Å². The van der Waals surface area contributed by atoms with Crippen molar-refractivity contribution in [3.05, 3.63) is 72.4 Å². The molecule has 176 valence electrons. The van der Waals surface area contributed by atoms with Gasteiger partial charge in [-0.2, -0.15) is 5.10 Å².